The third-order valence-corrected chi connectivity index (χ3v) is 3.97. The monoisotopic (exact) mass is 307 g/mol. The Morgan fingerprint density at radius 2 is 2.19 bits per heavy atom. The molecule has 6 heteroatoms. The van der Waals surface area contributed by atoms with Crippen LogP contribution >= 0.6 is 11.3 Å². The summed E-state index contributed by atoms with van der Waals surface area (Å²) in [6, 6.07) is 1.82. The Hall–Kier alpha value is -1.84. The molecule has 0 saturated carbocycles. The Kier molecular flexibility index (Phi) is 6.92. The first-order valence-electron chi connectivity index (χ1n) is 6.82. The van der Waals surface area contributed by atoms with E-state index in [0.29, 0.717) is 18.0 Å². The van der Waals surface area contributed by atoms with Gasteiger partial charge in [0.05, 0.1) is 22.8 Å². The van der Waals surface area contributed by atoms with Gasteiger partial charge < -0.3 is 16.0 Å². The molecule has 3 N–H and O–H groups in total. The van der Waals surface area contributed by atoms with Crippen LogP contribution in [0.4, 0.5) is 0 Å². The van der Waals surface area contributed by atoms with Crippen LogP contribution in [0.25, 0.3) is 0 Å². The van der Waals surface area contributed by atoms with Crippen LogP contribution in [0.3, 0.4) is 0 Å². The second-order valence-corrected chi connectivity index (χ2v) is 5.58. The van der Waals surface area contributed by atoms with Crippen molar-refractivity contribution in [2.45, 2.75) is 20.3 Å². The van der Waals surface area contributed by atoms with Gasteiger partial charge in [0.1, 0.15) is 0 Å². The molecule has 0 spiro atoms. The van der Waals surface area contributed by atoms with Gasteiger partial charge in [-0.05, 0) is 25.0 Å². The Bertz CT molecular complexity index is 569. The molecule has 0 aliphatic heterocycles. The SMILES string of the molecule is CCCN(CC(=O)NC)C(=O)c1cc(C)c(C#CCN)s1. The first kappa shape index (κ1) is 17.2. The van der Waals surface area contributed by atoms with E-state index < -0.39 is 0 Å². The summed E-state index contributed by atoms with van der Waals surface area (Å²) in [7, 11) is 1.56. The van der Waals surface area contributed by atoms with Crippen LogP contribution in [0.15, 0.2) is 6.07 Å². The first-order valence-corrected chi connectivity index (χ1v) is 7.64. The van der Waals surface area contributed by atoms with E-state index in [9.17, 15) is 9.59 Å². The maximum absolute atomic E-state index is 12.5. The van der Waals surface area contributed by atoms with Crippen LogP contribution in [0.2, 0.25) is 0 Å². The van der Waals surface area contributed by atoms with Crippen LogP contribution < -0.4 is 11.1 Å². The van der Waals surface area contributed by atoms with Gasteiger partial charge in [0.2, 0.25) is 5.91 Å². The van der Waals surface area contributed by atoms with Gasteiger partial charge in [-0.25, -0.2) is 0 Å². The number of nitrogens with zero attached hydrogens (tertiary/aromatic N) is 1. The molecule has 0 saturated heterocycles. The van der Waals surface area contributed by atoms with Crippen molar-refractivity contribution in [1.82, 2.24) is 10.2 Å². The molecule has 0 aliphatic rings. The number of nitrogens with two attached hydrogens (primary N) is 1. The van der Waals surface area contributed by atoms with Crippen molar-refractivity contribution in [3.63, 3.8) is 0 Å². The summed E-state index contributed by atoms with van der Waals surface area (Å²) in [6.45, 7) is 4.80. The fraction of sp³-hybridized carbons (Fsp3) is 0.467. The van der Waals surface area contributed by atoms with Crippen LogP contribution in [0.1, 0.15) is 33.5 Å². The van der Waals surface area contributed by atoms with Gasteiger partial charge in [-0.2, -0.15) is 0 Å². The van der Waals surface area contributed by atoms with E-state index >= 15 is 0 Å². The number of likely N-dealkylation sites (N-methyl/N-ethyl adjacent to an activating group) is 1. The highest BCUT2D eigenvalue weighted by atomic mass is 32.1. The highest BCUT2D eigenvalue weighted by Gasteiger charge is 2.20. The number of carbonyl (C=O) groups is 2. The number of hydrogen-bond acceptors (Lipinski definition) is 4. The van der Waals surface area contributed by atoms with Crippen molar-refractivity contribution in [3.05, 3.63) is 21.4 Å². The smallest absolute Gasteiger partial charge is 0.264 e. The second-order valence-electron chi connectivity index (χ2n) is 4.53. The maximum atomic E-state index is 12.5. The lowest BCUT2D eigenvalue weighted by Crippen LogP contribution is -2.39. The summed E-state index contributed by atoms with van der Waals surface area (Å²) in [4.78, 5) is 27.0. The minimum Gasteiger partial charge on any atom is -0.358 e. The van der Waals surface area contributed by atoms with Gasteiger partial charge in [0.15, 0.2) is 0 Å². The molecule has 0 aromatic carbocycles. The fourth-order valence-electron chi connectivity index (χ4n) is 1.77. The molecule has 0 aliphatic carbocycles. The lowest BCUT2D eigenvalue weighted by molar-refractivity contribution is -0.121. The summed E-state index contributed by atoms with van der Waals surface area (Å²) < 4.78 is 0. The molecular weight excluding hydrogens is 286 g/mol. The zero-order valence-electron chi connectivity index (χ0n) is 12.7. The molecule has 0 unspecified atom stereocenters. The average molecular weight is 307 g/mol. The number of aryl methyl sites for hydroxylation is 1. The van der Waals surface area contributed by atoms with Gasteiger partial charge in [-0.1, -0.05) is 18.8 Å². The van der Waals surface area contributed by atoms with Crippen molar-refractivity contribution >= 4 is 23.2 Å². The van der Waals surface area contributed by atoms with Crippen LogP contribution in [-0.2, 0) is 4.79 Å². The van der Waals surface area contributed by atoms with Crippen LogP contribution in [-0.4, -0.2) is 43.4 Å². The third-order valence-electron chi connectivity index (χ3n) is 2.83. The van der Waals surface area contributed by atoms with Crippen molar-refractivity contribution in [1.29, 1.82) is 0 Å². The Morgan fingerprint density at radius 3 is 2.76 bits per heavy atom. The minimum absolute atomic E-state index is 0.0733. The highest BCUT2D eigenvalue weighted by Crippen LogP contribution is 2.22. The molecule has 0 radical (unpaired) electrons. The number of nitrogens with one attached hydrogen (secondary N) is 1. The first-order chi connectivity index (χ1) is 10.0. The van der Waals surface area contributed by atoms with Crippen molar-refractivity contribution in [2.75, 3.05) is 26.7 Å². The Morgan fingerprint density at radius 1 is 1.48 bits per heavy atom. The lowest BCUT2D eigenvalue weighted by atomic mass is 10.2. The minimum atomic E-state index is -0.173. The van der Waals surface area contributed by atoms with Crippen molar-refractivity contribution < 1.29 is 9.59 Å². The Labute approximate surface area is 129 Å². The standard InChI is InChI=1S/C15H21N3O2S/c1-4-8-18(10-14(19)17-3)15(20)13-9-11(2)12(21-13)6-5-7-16/h9H,4,7-8,10,16H2,1-3H3,(H,17,19). The number of amides is 2. The van der Waals surface area contributed by atoms with Gasteiger partial charge in [-0.15, -0.1) is 11.3 Å². The second kappa shape index (κ2) is 8.45. The molecule has 2 amide bonds. The largest absolute Gasteiger partial charge is 0.358 e. The molecule has 1 aromatic heterocycles. The van der Waals surface area contributed by atoms with E-state index in [1.807, 2.05) is 19.9 Å². The molecule has 1 rings (SSSR count). The molecule has 1 aromatic rings. The van der Waals surface area contributed by atoms with Gasteiger partial charge in [-0.3, -0.25) is 9.59 Å². The maximum Gasteiger partial charge on any atom is 0.264 e. The molecule has 0 atom stereocenters. The summed E-state index contributed by atoms with van der Waals surface area (Å²) >= 11 is 1.34. The van der Waals surface area contributed by atoms with Gasteiger partial charge >= 0.3 is 0 Å². The lowest BCUT2D eigenvalue weighted by Gasteiger charge is -2.20. The van der Waals surface area contributed by atoms with Crippen LogP contribution in [0, 0.1) is 18.8 Å². The van der Waals surface area contributed by atoms with E-state index in [1.165, 1.54) is 11.3 Å². The molecule has 1 heterocycles. The average Bonchev–Trinajstić information content (AvgIpc) is 2.84. The van der Waals surface area contributed by atoms with E-state index in [2.05, 4.69) is 17.2 Å². The normalized spacial score (nSPS) is 9.71. The molecule has 5 nitrogen and oxygen atoms in total. The molecular formula is C15H21N3O2S. The highest BCUT2D eigenvalue weighted by molar-refractivity contribution is 7.14. The van der Waals surface area contributed by atoms with E-state index in [-0.39, 0.29) is 18.4 Å². The van der Waals surface area contributed by atoms with Gasteiger partial charge in [0.25, 0.3) is 5.91 Å². The number of hydrogen-bond donors (Lipinski definition) is 2. The summed E-state index contributed by atoms with van der Waals surface area (Å²) in [5.74, 6) is 5.45. The number of thiophene rings is 1. The van der Waals surface area contributed by atoms with E-state index in [4.69, 9.17) is 5.73 Å². The van der Waals surface area contributed by atoms with Crippen molar-refractivity contribution in [3.8, 4) is 11.8 Å². The summed E-state index contributed by atoms with van der Waals surface area (Å²) in [6.07, 6.45) is 0.799. The predicted molar refractivity (Wildman–Crippen MR) is 85.2 cm³/mol. The summed E-state index contributed by atoms with van der Waals surface area (Å²) in [5.41, 5.74) is 6.32. The molecule has 0 bridgehead atoms. The van der Waals surface area contributed by atoms with Crippen LogP contribution in [0.5, 0.6) is 0 Å². The van der Waals surface area contributed by atoms with E-state index in [1.54, 1.807) is 11.9 Å². The predicted octanol–water partition coefficient (Wildman–Crippen LogP) is 0.965. The zero-order chi connectivity index (χ0) is 15.8. The van der Waals surface area contributed by atoms with Crippen molar-refractivity contribution in [2.24, 2.45) is 5.73 Å². The summed E-state index contributed by atoms with van der Waals surface area (Å²) in [5, 5.41) is 2.54. The topological polar surface area (TPSA) is 75.4 Å². The number of carbonyl (C=O) groups excluding carboxylic acids is 2. The third kappa shape index (κ3) is 4.88. The fourth-order valence-corrected chi connectivity index (χ4v) is 2.79. The molecule has 21 heavy (non-hydrogen) atoms. The quantitative estimate of drug-likeness (QED) is 0.796. The number of rotatable bonds is 5. The van der Waals surface area contributed by atoms with E-state index in [0.717, 1.165) is 16.9 Å². The zero-order valence-corrected chi connectivity index (χ0v) is 13.5. The van der Waals surface area contributed by atoms with Gasteiger partial charge in [0, 0.05) is 13.6 Å². The molecule has 114 valence electrons. The molecule has 0 fully saturated rings. The Balaban J connectivity index is 2.95.